The van der Waals surface area contributed by atoms with E-state index in [1.165, 1.54) is 11.3 Å². The Morgan fingerprint density at radius 3 is 2.57 bits per heavy atom. The Morgan fingerprint density at radius 1 is 1.09 bits per heavy atom. The van der Waals surface area contributed by atoms with Crippen LogP contribution in [0.15, 0.2) is 53.9 Å². The number of hydrogen-bond acceptors (Lipinski definition) is 3. The summed E-state index contributed by atoms with van der Waals surface area (Å²) in [5.41, 5.74) is 2.50. The lowest BCUT2D eigenvalue weighted by Crippen LogP contribution is -2.14. The summed E-state index contributed by atoms with van der Waals surface area (Å²) in [7, 11) is 0. The summed E-state index contributed by atoms with van der Waals surface area (Å²) in [6, 6.07) is 14.7. The van der Waals surface area contributed by atoms with Gasteiger partial charge in [-0.25, -0.2) is 4.98 Å². The molecular formula is C17H12Cl2N2OS. The molecule has 3 nitrogen and oxygen atoms in total. The number of thiazole rings is 1. The van der Waals surface area contributed by atoms with Crippen LogP contribution in [-0.2, 0) is 11.2 Å². The number of rotatable bonds is 4. The van der Waals surface area contributed by atoms with E-state index < -0.39 is 0 Å². The number of amides is 1. The molecule has 3 rings (SSSR count). The lowest BCUT2D eigenvalue weighted by Gasteiger charge is -2.02. The zero-order valence-corrected chi connectivity index (χ0v) is 14.3. The highest BCUT2D eigenvalue weighted by molar-refractivity contribution is 7.14. The minimum absolute atomic E-state index is 0.118. The first-order valence-electron chi connectivity index (χ1n) is 6.86. The molecule has 0 fully saturated rings. The van der Waals surface area contributed by atoms with E-state index in [-0.39, 0.29) is 12.3 Å². The summed E-state index contributed by atoms with van der Waals surface area (Å²) in [4.78, 5) is 16.5. The number of carbonyl (C=O) groups excluding carboxylic acids is 1. The Balaban J connectivity index is 1.68. The molecule has 1 N–H and O–H groups in total. The molecule has 0 spiro atoms. The van der Waals surface area contributed by atoms with Gasteiger partial charge in [-0.3, -0.25) is 4.79 Å². The van der Waals surface area contributed by atoms with Crippen molar-refractivity contribution in [1.82, 2.24) is 4.98 Å². The second kappa shape index (κ2) is 7.13. The largest absolute Gasteiger partial charge is 0.302 e. The molecule has 3 aromatic rings. The van der Waals surface area contributed by atoms with Crippen LogP contribution < -0.4 is 5.32 Å². The van der Waals surface area contributed by atoms with Crippen LogP contribution in [0, 0.1) is 0 Å². The number of anilines is 1. The molecule has 116 valence electrons. The van der Waals surface area contributed by atoms with Gasteiger partial charge in [0.1, 0.15) is 0 Å². The third-order valence-corrected chi connectivity index (χ3v) is 4.52. The molecule has 0 atom stereocenters. The zero-order valence-electron chi connectivity index (χ0n) is 11.9. The molecule has 0 saturated heterocycles. The van der Waals surface area contributed by atoms with E-state index in [0.29, 0.717) is 15.2 Å². The Bertz CT molecular complexity index is 831. The van der Waals surface area contributed by atoms with Gasteiger partial charge in [-0.2, -0.15) is 0 Å². The van der Waals surface area contributed by atoms with Crippen LogP contribution in [0.25, 0.3) is 11.3 Å². The maximum atomic E-state index is 12.1. The summed E-state index contributed by atoms with van der Waals surface area (Å²) >= 11 is 13.4. The van der Waals surface area contributed by atoms with E-state index in [1.54, 1.807) is 12.1 Å². The average Bonchev–Trinajstić information content (AvgIpc) is 2.98. The maximum Gasteiger partial charge on any atom is 0.230 e. The maximum absolute atomic E-state index is 12.1. The van der Waals surface area contributed by atoms with Gasteiger partial charge in [0.25, 0.3) is 0 Å². The molecule has 0 aliphatic rings. The van der Waals surface area contributed by atoms with E-state index >= 15 is 0 Å². The van der Waals surface area contributed by atoms with Gasteiger partial charge in [0, 0.05) is 21.0 Å². The van der Waals surface area contributed by atoms with Gasteiger partial charge in [-0.05, 0) is 23.8 Å². The molecule has 0 radical (unpaired) electrons. The fraction of sp³-hybridized carbons (Fsp3) is 0.0588. The quantitative estimate of drug-likeness (QED) is 0.684. The van der Waals surface area contributed by atoms with Crippen LogP contribution in [0.1, 0.15) is 5.56 Å². The van der Waals surface area contributed by atoms with Gasteiger partial charge in [-0.1, -0.05) is 53.5 Å². The molecule has 1 amide bonds. The van der Waals surface area contributed by atoms with Crippen molar-refractivity contribution in [1.29, 1.82) is 0 Å². The Hall–Kier alpha value is -1.88. The van der Waals surface area contributed by atoms with Crippen molar-refractivity contribution in [2.24, 2.45) is 0 Å². The molecule has 2 aromatic carbocycles. The number of carbonyl (C=O) groups is 1. The molecule has 0 unspecified atom stereocenters. The van der Waals surface area contributed by atoms with Crippen molar-refractivity contribution in [2.75, 3.05) is 5.32 Å². The van der Waals surface area contributed by atoms with Crippen molar-refractivity contribution in [3.63, 3.8) is 0 Å². The topological polar surface area (TPSA) is 42.0 Å². The number of nitrogens with one attached hydrogen (secondary N) is 1. The fourth-order valence-electron chi connectivity index (χ4n) is 2.07. The standard InChI is InChI=1S/C17H12Cl2N2OS/c18-12-7-5-11(6-8-12)9-16(22)21-17-20-15(10-23-17)13-3-1-2-4-14(13)19/h1-8,10H,9H2,(H,20,21,22). The van der Waals surface area contributed by atoms with Gasteiger partial charge < -0.3 is 5.32 Å². The van der Waals surface area contributed by atoms with Gasteiger partial charge in [-0.15, -0.1) is 11.3 Å². The highest BCUT2D eigenvalue weighted by atomic mass is 35.5. The summed E-state index contributed by atoms with van der Waals surface area (Å²) in [6.07, 6.45) is 0.276. The number of aromatic nitrogens is 1. The minimum Gasteiger partial charge on any atom is -0.302 e. The molecule has 0 bridgehead atoms. The van der Waals surface area contributed by atoms with Gasteiger partial charge in [0.05, 0.1) is 12.1 Å². The van der Waals surface area contributed by atoms with Crippen molar-refractivity contribution in [2.45, 2.75) is 6.42 Å². The Labute approximate surface area is 147 Å². The SMILES string of the molecule is O=C(Cc1ccc(Cl)cc1)Nc1nc(-c2ccccc2Cl)cs1. The average molecular weight is 363 g/mol. The smallest absolute Gasteiger partial charge is 0.230 e. The van der Waals surface area contributed by atoms with E-state index in [2.05, 4.69) is 10.3 Å². The number of hydrogen-bond donors (Lipinski definition) is 1. The van der Waals surface area contributed by atoms with Crippen molar-refractivity contribution >= 4 is 45.6 Å². The molecule has 23 heavy (non-hydrogen) atoms. The monoisotopic (exact) mass is 362 g/mol. The van der Waals surface area contributed by atoms with Crippen molar-refractivity contribution < 1.29 is 4.79 Å². The first kappa shape index (κ1) is 16.0. The third-order valence-electron chi connectivity index (χ3n) is 3.18. The lowest BCUT2D eigenvalue weighted by atomic mass is 10.1. The number of benzene rings is 2. The first-order chi connectivity index (χ1) is 11.1. The third kappa shape index (κ3) is 4.10. The van der Waals surface area contributed by atoms with Crippen LogP contribution >= 0.6 is 34.5 Å². The predicted molar refractivity (Wildman–Crippen MR) is 96.3 cm³/mol. The highest BCUT2D eigenvalue weighted by Gasteiger charge is 2.10. The molecule has 0 aliphatic carbocycles. The van der Waals surface area contributed by atoms with Crippen LogP contribution in [0.4, 0.5) is 5.13 Å². The molecule has 6 heteroatoms. The summed E-state index contributed by atoms with van der Waals surface area (Å²) in [5.74, 6) is -0.118. The number of halogens is 2. The molecule has 0 saturated carbocycles. The fourth-order valence-corrected chi connectivity index (χ4v) is 3.16. The van der Waals surface area contributed by atoms with E-state index in [0.717, 1.165) is 16.8 Å². The molecular weight excluding hydrogens is 351 g/mol. The normalized spacial score (nSPS) is 10.5. The van der Waals surface area contributed by atoms with Crippen LogP contribution in [0.2, 0.25) is 10.0 Å². The Kier molecular flexibility index (Phi) is 4.96. The number of nitrogens with zero attached hydrogens (tertiary/aromatic N) is 1. The van der Waals surface area contributed by atoms with Crippen molar-refractivity contribution in [3.8, 4) is 11.3 Å². The molecule has 1 heterocycles. The Morgan fingerprint density at radius 2 is 1.83 bits per heavy atom. The van der Waals surface area contributed by atoms with Gasteiger partial charge >= 0.3 is 0 Å². The first-order valence-corrected chi connectivity index (χ1v) is 8.50. The van der Waals surface area contributed by atoms with E-state index in [9.17, 15) is 4.79 Å². The van der Waals surface area contributed by atoms with Gasteiger partial charge in [0.2, 0.25) is 5.91 Å². The minimum atomic E-state index is -0.118. The second-order valence-corrected chi connectivity index (χ2v) is 6.57. The summed E-state index contributed by atoms with van der Waals surface area (Å²) in [5, 5.41) is 6.52. The predicted octanol–water partition coefficient (Wildman–Crippen LogP) is 5.30. The van der Waals surface area contributed by atoms with Crippen LogP contribution in [0.5, 0.6) is 0 Å². The van der Waals surface area contributed by atoms with E-state index in [1.807, 2.05) is 41.8 Å². The van der Waals surface area contributed by atoms with Crippen LogP contribution in [0.3, 0.4) is 0 Å². The highest BCUT2D eigenvalue weighted by Crippen LogP contribution is 2.30. The van der Waals surface area contributed by atoms with Crippen molar-refractivity contribution in [3.05, 3.63) is 69.5 Å². The van der Waals surface area contributed by atoms with Crippen LogP contribution in [-0.4, -0.2) is 10.9 Å². The summed E-state index contributed by atoms with van der Waals surface area (Å²) in [6.45, 7) is 0. The summed E-state index contributed by atoms with van der Waals surface area (Å²) < 4.78 is 0. The zero-order chi connectivity index (χ0) is 16.2. The van der Waals surface area contributed by atoms with E-state index in [4.69, 9.17) is 23.2 Å². The van der Waals surface area contributed by atoms with Gasteiger partial charge in [0.15, 0.2) is 5.13 Å². The molecule has 0 aliphatic heterocycles. The lowest BCUT2D eigenvalue weighted by molar-refractivity contribution is -0.115. The molecule has 1 aromatic heterocycles. The second-order valence-electron chi connectivity index (χ2n) is 4.87.